The molecule has 110 valence electrons. The molecule has 1 aliphatic carbocycles. The minimum absolute atomic E-state index is 0.121. The van der Waals surface area contributed by atoms with Crippen molar-refractivity contribution >= 4 is 11.7 Å². The first-order valence-electron chi connectivity index (χ1n) is 7.21. The Morgan fingerprint density at radius 2 is 2.20 bits per heavy atom. The van der Waals surface area contributed by atoms with Gasteiger partial charge in [0.2, 0.25) is 5.88 Å². The van der Waals surface area contributed by atoms with Crippen LogP contribution in [0.1, 0.15) is 49.9 Å². The van der Waals surface area contributed by atoms with Gasteiger partial charge in [0.05, 0.1) is 12.2 Å². The van der Waals surface area contributed by atoms with Crippen molar-refractivity contribution in [3.8, 4) is 5.88 Å². The second kappa shape index (κ2) is 6.59. The molecule has 1 aromatic heterocycles. The molecule has 0 aromatic carbocycles. The van der Waals surface area contributed by atoms with Gasteiger partial charge in [-0.2, -0.15) is 0 Å². The lowest BCUT2D eigenvalue weighted by Crippen LogP contribution is -2.29. The van der Waals surface area contributed by atoms with Gasteiger partial charge in [0, 0.05) is 6.20 Å². The number of pyridine rings is 1. The molecule has 0 spiro atoms. The minimum atomic E-state index is -0.436. The van der Waals surface area contributed by atoms with E-state index in [1.807, 2.05) is 0 Å². The lowest BCUT2D eigenvalue weighted by Gasteiger charge is -2.29. The number of ether oxygens (including phenoxy) is 2. The van der Waals surface area contributed by atoms with E-state index < -0.39 is 5.97 Å². The van der Waals surface area contributed by atoms with Crippen LogP contribution in [-0.2, 0) is 4.74 Å². The first-order valence-corrected chi connectivity index (χ1v) is 7.21. The molecule has 5 nitrogen and oxygen atoms in total. The maximum absolute atomic E-state index is 11.8. The van der Waals surface area contributed by atoms with Crippen LogP contribution in [0.5, 0.6) is 5.88 Å². The molecule has 1 saturated carbocycles. The fourth-order valence-corrected chi connectivity index (χ4v) is 2.54. The Labute approximate surface area is 119 Å². The predicted octanol–water partition coefficient (Wildman–Crippen LogP) is 2.80. The van der Waals surface area contributed by atoms with Crippen molar-refractivity contribution in [3.05, 3.63) is 17.8 Å². The third kappa shape index (κ3) is 3.21. The van der Waals surface area contributed by atoms with Crippen molar-refractivity contribution in [2.24, 2.45) is 5.92 Å². The van der Waals surface area contributed by atoms with E-state index in [9.17, 15) is 4.79 Å². The van der Waals surface area contributed by atoms with Crippen LogP contribution >= 0.6 is 0 Å². The molecule has 1 aliphatic rings. The number of carbonyl (C=O) groups is 1. The Kier molecular flexibility index (Phi) is 4.82. The Bertz CT molecular complexity index is 476. The summed E-state index contributed by atoms with van der Waals surface area (Å²) in [4.78, 5) is 15.9. The monoisotopic (exact) mass is 278 g/mol. The highest BCUT2D eigenvalue weighted by molar-refractivity contribution is 5.96. The van der Waals surface area contributed by atoms with Gasteiger partial charge in [0.15, 0.2) is 0 Å². The molecule has 0 bridgehead atoms. The molecule has 5 heteroatoms. The van der Waals surface area contributed by atoms with Crippen molar-refractivity contribution in [2.75, 3.05) is 12.3 Å². The van der Waals surface area contributed by atoms with Gasteiger partial charge in [0.1, 0.15) is 11.8 Å². The van der Waals surface area contributed by atoms with Crippen molar-refractivity contribution < 1.29 is 14.3 Å². The summed E-state index contributed by atoms with van der Waals surface area (Å²) in [5.41, 5.74) is 6.58. The number of nitrogens with zero attached hydrogens (tertiary/aromatic N) is 1. The maximum atomic E-state index is 11.8. The second-order valence-corrected chi connectivity index (χ2v) is 5.22. The molecule has 0 aliphatic heterocycles. The van der Waals surface area contributed by atoms with Crippen LogP contribution in [0.25, 0.3) is 0 Å². The molecule has 2 rings (SSSR count). The summed E-state index contributed by atoms with van der Waals surface area (Å²) in [5, 5.41) is 0. The quantitative estimate of drug-likeness (QED) is 0.857. The normalized spacial score (nSPS) is 22.3. The molecule has 2 N–H and O–H groups in total. The zero-order valence-electron chi connectivity index (χ0n) is 12.1. The van der Waals surface area contributed by atoms with Crippen LogP contribution < -0.4 is 10.5 Å². The third-order valence-electron chi connectivity index (χ3n) is 3.74. The van der Waals surface area contributed by atoms with E-state index in [0.717, 1.165) is 19.3 Å². The highest BCUT2D eigenvalue weighted by Gasteiger charge is 2.25. The average molecular weight is 278 g/mol. The second-order valence-electron chi connectivity index (χ2n) is 5.22. The summed E-state index contributed by atoms with van der Waals surface area (Å²) < 4.78 is 10.9. The molecule has 0 radical (unpaired) electrons. The molecule has 20 heavy (non-hydrogen) atoms. The van der Waals surface area contributed by atoms with E-state index in [4.69, 9.17) is 15.2 Å². The number of hydrogen-bond donors (Lipinski definition) is 1. The number of nitrogen functional groups attached to an aromatic ring is 1. The molecule has 1 aromatic rings. The minimum Gasteiger partial charge on any atom is -0.473 e. The highest BCUT2D eigenvalue weighted by Crippen LogP contribution is 2.30. The Balaban J connectivity index is 2.15. The molecule has 1 heterocycles. The number of rotatable bonds is 4. The number of esters is 1. The molecule has 2 atom stereocenters. The summed E-state index contributed by atoms with van der Waals surface area (Å²) >= 11 is 0. The van der Waals surface area contributed by atoms with E-state index in [0.29, 0.717) is 24.0 Å². The van der Waals surface area contributed by atoms with Gasteiger partial charge in [-0.1, -0.05) is 13.3 Å². The standard InChI is InChI=1S/C15H22N2O3/c1-3-19-15(18)11-8-9-17-14(13(11)16)20-12-7-5-4-6-10(12)2/h8-10,12H,3-7,16H2,1-2H3. The lowest BCUT2D eigenvalue weighted by molar-refractivity contribution is 0.0525. The molecule has 0 saturated heterocycles. The highest BCUT2D eigenvalue weighted by atomic mass is 16.5. The summed E-state index contributed by atoms with van der Waals surface area (Å²) in [6, 6.07) is 1.56. The van der Waals surface area contributed by atoms with Crippen LogP contribution in [0.15, 0.2) is 12.3 Å². The van der Waals surface area contributed by atoms with Crippen molar-refractivity contribution in [1.82, 2.24) is 4.98 Å². The van der Waals surface area contributed by atoms with E-state index >= 15 is 0 Å². The SMILES string of the molecule is CCOC(=O)c1ccnc(OC2CCCCC2C)c1N. The van der Waals surface area contributed by atoms with Crippen LogP contribution in [0.2, 0.25) is 0 Å². The van der Waals surface area contributed by atoms with E-state index in [-0.39, 0.29) is 11.8 Å². The first kappa shape index (κ1) is 14.6. The molecular formula is C15H22N2O3. The van der Waals surface area contributed by atoms with E-state index in [1.54, 1.807) is 13.0 Å². The molecule has 1 fully saturated rings. The van der Waals surface area contributed by atoms with Crippen molar-refractivity contribution in [3.63, 3.8) is 0 Å². The smallest absolute Gasteiger partial charge is 0.340 e. The van der Waals surface area contributed by atoms with Crippen LogP contribution in [0.3, 0.4) is 0 Å². The van der Waals surface area contributed by atoms with E-state index in [1.165, 1.54) is 12.6 Å². The fourth-order valence-electron chi connectivity index (χ4n) is 2.54. The largest absolute Gasteiger partial charge is 0.473 e. The topological polar surface area (TPSA) is 74.4 Å². The van der Waals surface area contributed by atoms with Crippen LogP contribution in [0, 0.1) is 5.92 Å². The average Bonchev–Trinajstić information content (AvgIpc) is 2.43. The maximum Gasteiger partial charge on any atom is 0.340 e. The van der Waals surface area contributed by atoms with Crippen LogP contribution in [0.4, 0.5) is 5.69 Å². The molecule has 2 unspecified atom stereocenters. The Morgan fingerprint density at radius 3 is 2.90 bits per heavy atom. The number of hydrogen-bond acceptors (Lipinski definition) is 5. The number of nitrogens with two attached hydrogens (primary N) is 1. The van der Waals surface area contributed by atoms with Gasteiger partial charge in [-0.05, 0) is 38.2 Å². The van der Waals surface area contributed by atoms with Gasteiger partial charge in [-0.25, -0.2) is 9.78 Å². The van der Waals surface area contributed by atoms with Gasteiger partial charge in [-0.15, -0.1) is 0 Å². The van der Waals surface area contributed by atoms with Gasteiger partial charge in [-0.3, -0.25) is 0 Å². The Morgan fingerprint density at radius 1 is 1.45 bits per heavy atom. The van der Waals surface area contributed by atoms with Crippen molar-refractivity contribution in [1.29, 1.82) is 0 Å². The zero-order valence-corrected chi connectivity index (χ0v) is 12.1. The number of anilines is 1. The summed E-state index contributed by atoms with van der Waals surface area (Å²) in [6.07, 6.45) is 6.22. The van der Waals surface area contributed by atoms with Gasteiger partial charge < -0.3 is 15.2 Å². The fraction of sp³-hybridized carbons (Fsp3) is 0.600. The van der Waals surface area contributed by atoms with Gasteiger partial charge >= 0.3 is 5.97 Å². The molecule has 0 amide bonds. The van der Waals surface area contributed by atoms with Crippen molar-refractivity contribution in [2.45, 2.75) is 45.6 Å². The van der Waals surface area contributed by atoms with Crippen LogP contribution in [-0.4, -0.2) is 23.7 Å². The molecular weight excluding hydrogens is 256 g/mol. The zero-order chi connectivity index (χ0) is 14.5. The van der Waals surface area contributed by atoms with E-state index in [2.05, 4.69) is 11.9 Å². The van der Waals surface area contributed by atoms with Gasteiger partial charge in [0.25, 0.3) is 0 Å². The lowest BCUT2D eigenvalue weighted by atomic mass is 9.88. The first-order chi connectivity index (χ1) is 9.63. The number of carbonyl (C=O) groups excluding carboxylic acids is 1. The Hall–Kier alpha value is -1.78. The third-order valence-corrected chi connectivity index (χ3v) is 3.74. The number of aromatic nitrogens is 1. The predicted molar refractivity (Wildman–Crippen MR) is 76.7 cm³/mol. The summed E-state index contributed by atoms with van der Waals surface area (Å²) in [5.74, 6) is 0.388. The summed E-state index contributed by atoms with van der Waals surface area (Å²) in [7, 11) is 0. The summed E-state index contributed by atoms with van der Waals surface area (Å²) in [6.45, 7) is 4.25.